The monoisotopic (exact) mass is 350 g/mol. The number of hydrogen-bond donors (Lipinski definition) is 1. The number of nitrogens with one attached hydrogen (secondary N) is 1. The predicted molar refractivity (Wildman–Crippen MR) is 92.0 cm³/mol. The van der Waals surface area contributed by atoms with E-state index in [0.717, 1.165) is 47.0 Å². The zero-order valence-electron chi connectivity index (χ0n) is 12.8. The van der Waals surface area contributed by atoms with Gasteiger partial charge in [0, 0.05) is 28.2 Å². The molecule has 0 aliphatic heterocycles. The fourth-order valence-electron chi connectivity index (χ4n) is 2.57. The molecular weight excluding hydrogens is 328 g/mol. The highest BCUT2D eigenvalue weighted by Crippen LogP contribution is 2.28. The average molecular weight is 351 g/mol. The van der Waals surface area contributed by atoms with E-state index >= 15 is 0 Å². The summed E-state index contributed by atoms with van der Waals surface area (Å²) in [5.74, 6) is 0.123. The Morgan fingerprint density at radius 1 is 1.29 bits per heavy atom. The van der Waals surface area contributed by atoms with Crippen LogP contribution in [0.2, 0.25) is 0 Å². The Balaban J connectivity index is 2.11. The number of ketones is 1. The largest absolute Gasteiger partial charge is 0.346 e. The maximum atomic E-state index is 11.8. The molecule has 1 aromatic heterocycles. The van der Waals surface area contributed by atoms with Gasteiger partial charge >= 0.3 is 0 Å². The second-order valence-electron chi connectivity index (χ2n) is 5.39. The van der Waals surface area contributed by atoms with Crippen LogP contribution in [0.4, 0.5) is 0 Å². The molecule has 0 atom stereocenters. The molecule has 3 nitrogen and oxygen atoms in total. The van der Waals surface area contributed by atoms with E-state index in [0.29, 0.717) is 0 Å². The van der Waals surface area contributed by atoms with Crippen molar-refractivity contribution < 1.29 is 4.79 Å². The van der Waals surface area contributed by atoms with Gasteiger partial charge in [-0.2, -0.15) is 0 Å². The second-order valence-corrected chi connectivity index (χ2v) is 6.24. The van der Waals surface area contributed by atoms with Gasteiger partial charge in [-0.15, -0.1) is 0 Å². The number of Topliss-reactive ketones (excluding diaryl/α,β-unsaturated/α-hetero) is 1. The summed E-state index contributed by atoms with van der Waals surface area (Å²) in [7, 11) is 0. The first-order chi connectivity index (χ1) is 10.1. The number of fused-ring (bicyclic) bond motifs is 1. The zero-order chi connectivity index (χ0) is 15.2. The Labute approximate surface area is 134 Å². The molecule has 0 saturated heterocycles. The van der Waals surface area contributed by atoms with E-state index in [2.05, 4.69) is 32.7 Å². The van der Waals surface area contributed by atoms with E-state index < -0.39 is 0 Å². The predicted octanol–water partition coefficient (Wildman–Crippen LogP) is 4.39. The SMILES string of the molecule is CCCCNCCCn1cc(C(C)=O)c2cccc(Br)c21. The van der Waals surface area contributed by atoms with Gasteiger partial charge < -0.3 is 9.88 Å². The van der Waals surface area contributed by atoms with Crippen LogP contribution in [0.3, 0.4) is 0 Å². The summed E-state index contributed by atoms with van der Waals surface area (Å²) in [4.78, 5) is 11.8. The molecule has 114 valence electrons. The second kappa shape index (κ2) is 7.76. The van der Waals surface area contributed by atoms with E-state index in [1.807, 2.05) is 24.4 Å². The van der Waals surface area contributed by atoms with Crippen molar-refractivity contribution in [1.82, 2.24) is 9.88 Å². The molecule has 0 radical (unpaired) electrons. The molecular formula is C17H23BrN2O. The Morgan fingerprint density at radius 2 is 2.05 bits per heavy atom. The Hall–Kier alpha value is -1.13. The molecule has 0 spiro atoms. The van der Waals surface area contributed by atoms with Crippen LogP contribution >= 0.6 is 15.9 Å². The van der Waals surface area contributed by atoms with Crippen molar-refractivity contribution in [3.8, 4) is 0 Å². The average Bonchev–Trinajstić information content (AvgIpc) is 2.83. The molecule has 1 N–H and O–H groups in total. The molecule has 0 unspecified atom stereocenters. The summed E-state index contributed by atoms with van der Waals surface area (Å²) in [6, 6.07) is 6.03. The first-order valence-corrected chi connectivity index (χ1v) is 8.43. The van der Waals surface area contributed by atoms with Crippen LogP contribution in [0, 0.1) is 0 Å². The van der Waals surface area contributed by atoms with Gasteiger partial charge in [-0.05, 0) is 54.9 Å². The Bertz CT molecular complexity index is 619. The van der Waals surface area contributed by atoms with Crippen molar-refractivity contribution >= 4 is 32.6 Å². The van der Waals surface area contributed by atoms with Crippen molar-refractivity contribution in [3.63, 3.8) is 0 Å². The molecule has 4 heteroatoms. The number of unbranched alkanes of at least 4 members (excludes halogenated alkanes) is 1. The quantitative estimate of drug-likeness (QED) is 0.565. The minimum absolute atomic E-state index is 0.123. The van der Waals surface area contributed by atoms with Crippen molar-refractivity contribution in [2.24, 2.45) is 0 Å². The highest BCUT2D eigenvalue weighted by atomic mass is 79.9. The number of halogens is 1. The molecule has 21 heavy (non-hydrogen) atoms. The smallest absolute Gasteiger partial charge is 0.161 e. The highest BCUT2D eigenvalue weighted by molar-refractivity contribution is 9.10. The molecule has 0 saturated carbocycles. The standard InChI is InChI=1S/C17H23BrN2O/c1-3-4-9-19-10-6-11-20-12-15(13(2)21)14-7-5-8-16(18)17(14)20/h5,7-8,12,19H,3-4,6,9-11H2,1-2H3. The van der Waals surface area contributed by atoms with Crippen LogP contribution in [0.25, 0.3) is 10.9 Å². The minimum Gasteiger partial charge on any atom is -0.346 e. The zero-order valence-corrected chi connectivity index (χ0v) is 14.4. The van der Waals surface area contributed by atoms with Crippen LogP contribution in [-0.4, -0.2) is 23.4 Å². The number of nitrogens with zero attached hydrogens (tertiary/aromatic N) is 1. The molecule has 2 aromatic rings. The van der Waals surface area contributed by atoms with Gasteiger partial charge in [0.2, 0.25) is 0 Å². The van der Waals surface area contributed by atoms with Crippen LogP contribution in [0.1, 0.15) is 43.5 Å². The first-order valence-electron chi connectivity index (χ1n) is 7.64. The van der Waals surface area contributed by atoms with Crippen LogP contribution in [0.15, 0.2) is 28.9 Å². The maximum Gasteiger partial charge on any atom is 0.161 e. The number of rotatable bonds is 8. The maximum absolute atomic E-state index is 11.8. The lowest BCUT2D eigenvalue weighted by Gasteiger charge is -2.07. The number of aromatic nitrogens is 1. The summed E-state index contributed by atoms with van der Waals surface area (Å²) in [6.45, 7) is 6.86. The Morgan fingerprint density at radius 3 is 2.76 bits per heavy atom. The third-order valence-electron chi connectivity index (χ3n) is 3.69. The lowest BCUT2D eigenvalue weighted by Crippen LogP contribution is -2.17. The van der Waals surface area contributed by atoms with Crippen molar-refractivity contribution in [2.45, 2.75) is 39.7 Å². The van der Waals surface area contributed by atoms with Gasteiger partial charge in [-0.1, -0.05) is 25.5 Å². The van der Waals surface area contributed by atoms with E-state index in [1.54, 1.807) is 6.92 Å². The summed E-state index contributed by atoms with van der Waals surface area (Å²) < 4.78 is 3.24. The topological polar surface area (TPSA) is 34.0 Å². The molecule has 1 heterocycles. The highest BCUT2D eigenvalue weighted by Gasteiger charge is 2.13. The van der Waals surface area contributed by atoms with Crippen LogP contribution in [0.5, 0.6) is 0 Å². The van der Waals surface area contributed by atoms with Gasteiger partial charge in [-0.3, -0.25) is 4.79 Å². The molecule has 0 fully saturated rings. The summed E-state index contributed by atoms with van der Waals surface area (Å²) >= 11 is 3.61. The van der Waals surface area contributed by atoms with Gasteiger partial charge in [0.15, 0.2) is 5.78 Å². The number of hydrogen-bond acceptors (Lipinski definition) is 2. The van der Waals surface area contributed by atoms with Gasteiger partial charge in [0.25, 0.3) is 0 Å². The molecule has 2 rings (SSSR count). The van der Waals surface area contributed by atoms with Crippen molar-refractivity contribution in [1.29, 1.82) is 0 Å². The summed E-state index contributed by atoms with van der Waals surface area (Å²) in [6.07, 6.45) is 5.51. The normalized spacial score (nSPS) is 11.2. The fourth-order valence-corrected chi connectivity index (χ4v) is 3.17. The number of carbonyl (C=O) groups excluding carboxylic acids is 1. The molecule has 0 amide bonds. The minimum atomic E-state index is 0.123. The molecule has 0 aliphatic carbocycles. The molecule has 0 aliphatic rings. The van der Waals surface area contributed by atoms with E-state index in [-0.39, 0.29) is 5.78 Å². The van der Waals surface area contributed by atoms with Crippen molar-refractivity contribution in [3.05, 3.63) is 34.4 Å². The lowest BCUT2D eigenvalue weighted by molar-refractivity contribution is 0.101. The van der Waals surface area contributed by atoms with E-state index in [1.165, 1.54) is 12.8 Å². The third-order valence-corrected chi connectivity index (χ3v) is 4.33. The summed E-state index contributed by atoms with van der Waals surface area (Å²) in [5, 5.41) is 4.49. The number of aryl methyl sites for hydroxylation is 1. The molecule has 1 aromatic carbocycles. The van der Waals surface area contributed by atoms with Crippen LogP contribution < -0.4 is 5.32 Å². The van der Waals surface area contributed by atoms with Crippen molar-refractivity contribution in [2.75, 3.05) is 13.1 Å². The lowest BCUT2D eigenvalue weighted by atomic mass is 10.1. The van der Waals surface area contributed by atoms with Gasteiger partial charge in [0.05, 0.1) is 5.52 Å². The van der Waals surface area contributed by atoms with Gasteiger partial charge in [-0.25, -0.2) is 0 Å². The number of para-hydroxylation sites is 1. The van der Waals surface area contributed by atoms with E-state index in [9.17, 15) is 4.79 Å². The fraction of sp³-hybridized carbons (Fsp3) is 0.471. The van der Waals surface area contributed by atoms with Crippen LogP contribution in [-0.2, 0) is 6.54 Å². The van der Waals surface area contributed by atoms with Gasteiger partial charge in [0.1, 0.15) is 0 Å². The number of benzene rings is 1. The first kappa shape index (κ1) is 16.2. The number of carbonyl (C=O) groups is 1. The third kappa shape index (κ3) is 3.95. The Kier molecular flexibility index (Phi) is 6.00. The molecule has 0 bridgehead atoms. The summed E-state index contributed by atoms with van der Waals surface area (Å²) in [5.41, 5.74) is 1.93. The van der Waals surface area contributed by atoms with E-state index in [4.69, 9.17) is 0 Å².